The van der Waals surface area contributed by atoms with Crippen molar-refractivity contribution in [1.29, 1.82) is 0 Å². The maximum atomic E-state index is 11.8. The number of benzene rings is 2. The maximum Gasteiger partial charge on any atom is 0.298 e. The molecule has 4 rings (SSSR count). The molecule has 0 aliphatic carbocycles. The molecule has 6 nitrogen and oxygen atoms in total. The van der Waals surface area contributed by atoms with E-state index in [9.17, 15) is 4.79 Å². The molecule has 1 N–H and O–H groups in total. The van der Waals surface area contributed by atoms with Crippen molar-refractivity contribution in [3.05, 3.63) is 72.6 Å². The molecule has 3 aromatic rings. The Labute approximate surface area is 184 Å². The van der Waals surface area contributed by atoms with Crippen LogP contribution in [-0.2, 0) is 4.43 Å². The predicted octanol–water partition coefficient (Wildman–Crippen LogP) is 2.80. The molecule has 1 saturated heterocycles. The lowest BCUT2D eigenvalue weighted by Gasteiger charge is -2.49. The molecule has 0 radical (unpaired) electrons. The van der Waals surface area contributed by atoms with Crippen LogP contribution in [-0.4, -0.2) is 45.4 Å². The van der Waals surface area contributed by atoms with Gasteiger partial charge in [0.15, 0.2) is 5.69 Å². The number of nitrogens with one attached hydrogen (secondary N) is 1. The van der Waals surface area contributed by atoms with Gasteiger partial charge in [-0.05, 0) is 15.4 Å². The van der Waals surface area contributed by atoms with E-state index in [0.717, 1.165) is 0 Å². The van der Waals surface area contributed by atoms with Gasteiger partial charge in [0.05, 0.1) is 6.10 Å². The summed E-state index contributed by atoms with van der Waals surface area (Å²) >= 11 is 0. The third-order valence-corrected chi connectivity index (χ3v) is 10.9. The Morgan fingerprint density at radius 2 is 1.61 bits per heavy atom. The third kappa shape index (κ3) is 3.91. The summed E-state index contributed by atoms with van der Waals surface area (Å²) < 4.78 is 12.6. The van der Waals surface area contributed by atoms with E-state index in [2.05, 4.69) is 79.6 Å². The van der Waals surface area contributed by atoms with E-state index in [1.165, 1.54) is 16.6 Å². The number of carbonyl (C=O) groups excluding carboxylic acids is 1. The normalized spacial score (nSPS) is 14.9. The lowest BCUT2D eigenvalue weighted by molar-refractivity contribution is 0.0958. The SMILES string of the molecule is CNC(=O)c1coc(N2CC(O[Si](c3ccccc3)(c3ccccc3)C(C)(C)C)C2)n1. The lowest BCUT2D eigenvalue weighted by atomic mass is 10.2. The van der Waals surface area contributed by atoms with E-state index in [-0.39, 0.29) is 22.7 Å². The zero-order valence-electron chi connectivity index (χ0n) is 18.5. The molecule has 7 heteroatoms. The standard InChI is InChI=1S/C24H29N3O3Si/c1-24(2,3)31(19-11-7-5-8-12-19,20-13-9-6-10-14-20)30-18-15-27(16-18)23-26-21(17-29-23)22(28)25-4/h5-14,17-18H,15-16H2,1-4H3,(H,25,28). The molecule has 31 heavy (non-hydrogen) atoms. The summed E-state index contributed by atoms with van der Waals surface area (Å²) in [7, 11) is -0.995. The highest BCUT2D eigenvalue weighted by molar-refractivity contribution is 6.99. The van der Waals surface area contributed by atoms with Gasteiger partial charge >= 0.3 is 0 Å². The van der Waals surface area contributed by atoms with E-state index >= 15 is 0 Å². The van der Waals surface area contributed by atoms with E-state index in [1.807, 2.05) is 17.0 Å². The summed E-state index contributed by atoms with van der Waals surface area (Å²) in [6, 6.07) is 21.7. The van der Waals surface area contributed by atoms with E-state index in [4.69, 9.17) is 8.84 Å². The topological polar surface area (TPSA) is 67.6 Å². The molecule has 1 fully saturated rings. The smallest absolute Gasteiger partial charge is 0.298 e. The van der Waals surface area contributed by atoms with Gasteiger partial charge in [0, 0.05) is 20.1 Å². The van der Waals surface area contributed by atoms with Crippen LogP contribution in [0.5, 0.6) is 0 Å². The first kappa shape index (κ1) is 21.3. The van der Waals surface area contributed by atoms with Gasteiger partial charge in [-0.1, -0.05) is 81.4 Å². The molecule has 162 valence electrons. The Morgan fingerprint density at radius 1 is 1.06 bits per heavy atom. The maximum absolute atomic E-state index is 11.8. The Kier molecular flexibility index (Phi) is 5.73. The Balaban J connectivity index is 1.61. The van der Waals surface area contributed by atoms with Crippen LogP contribution in [0, 0.1) is 0 Å². The van der Waals surface area contributed by atoms with Gasteiger partial charge in [0.1, 0.15) is 6.26 Å². The number of carbonyl (C=O) groups is 1. The van der Waals surface area contributed by atoms with Gasteiger partial charge in [-0.3, -0.25) is 4.79 Å². The fourth-order valence-corrected chi connectivity index (χ4v) is 8.92. The highest BCUT2D eigenvalue weighted by Crippen LogP contribution is 2.38. The Morgan fingerprint density at radius 3 is 2.10 bits per heavy atom. The minimum absolute atomic E-state index is 0.0571. The number of amides is 1. The molecular weight excluding hydrogens is 406 g/mol. The number of hydrogen-bond acceptors (Lipinski definition) is 5. The van der Waals surface area contributed by atoms with Crippen LogP contribution in [0.15, 0.2) is 71.3 Å². The summed E-state index contributed by atoms with van der Waals surface area (Å²) in [6.07, 6.45) is 1.45. The second-order valence-electron chi connectivity index (χ2n) is 8.90. The quantitative estimate of drug-likeness (QED) is 0.603. The van der Waals surface area contributed by atoms with Crippen molar-refractivity contribution in [3.8, 4) is 0 Å². The number of hydrogen-bond donors (Lipinski definition) is 1. The van der Waals surface area contributed by atoms with Crippen molar-refractivity contribution in [2.75, 3.05) is 25.0 Å². The van der Waals surface area contributed by atoms with Crippen LogP contribution in [0.25, 0.3) is 0 Å². The van der Waals surface area contributed by atoms with Crippen LogP contribution in [0.4, 0.5) is 6.01 Å². The Hall–Kier alpha value is -2.90. The molecule has 2 heterocycles. The molecule has 0 saturated carbocycles. The monoisotopic (exact) mass is 435 g/mol. The van der Waals surface area contributed by atoms with Crippen LogP contribution >= 0.6 is 0 Å². The highest BCUT2D eigenvalue weighted by atomic mass is 28.4. The van der Waals surface area contributed by atoms with E-state index in [1.54, 1.807) is 7.05 Å². The van der Waals surface area contributed by atoms with Gasteiger partial charge < -0.3 is 19.1 Å². The fourth-order valence-electron chi connectivity index (χ4n) is 4.25. The largest absolute Gasteiger partial charge is 0.431 e. The van der Waals surface area contributed by atoms with Gasteiger partial charge in [-0.15, -0.1) is 0 Å². The number of nitrogens with zero attached hydrogens (tertiary/aromatic N) is 2. The van der Waals surface area contributed by atoms with Crippen LogP contribution in [0.2, 0.25) is 5.04 Å². The first-order valence-electron chi connectivity index (χ1n) is 10.6. The Bertz CT molecular complexity index is 985. The van der Waals surface area contributed by atoms with Gasteiger partial charge in [0.2, 0.25) is 0 Å². The summed E-state index contributed by atoms with van der Waals surface area (Å²) in [4.78, 5) is 18.1. The summed E-state index contributed by atoms with van der Waals surface area (Å²) in [5, 5.41) is 5.04. The zero-order chi connectivity index (χ0) is 22.1. The van der Waals surface area contributed by atoms with Crippen molar-refractivity contribution >= 4 is 30.6 Å². The van der Waals surface area contributed by atoms with Crippen molar-refractivity contribution in [2.45, 2.75) is 31.9 Å². The number of oxazole rings is 1. The zero-order valence-corrected chi connectivity index (χ0v) is 19.5. The first-order chi connectivity index (χ1) is 14.8. The van der Waals surface area contributed by atoms with Crippen molar-refractivity contribution in [3.63, 3.8) is 0 Å². The van der Waals surface area contributed by atoms with Crippen molar-refractivity contribution < 1.29 is 13.6 Å². The summed E-state index contributed by atoms with van der Waals surface area (Å²) in [5.74, 6) is -0.254. The molecule has 1 aromatic heterocycles. The molecule has 0 bridgehead atoms. The minimum Gasteiger partial charge on any atom is -0.431 e. The average molecular weight is 436 g/mol. The molecule has 1 aliphatic rings. The van der Waals surface area contributed by atoms with Gasteiger partial charge in [-0.25, -0.2) is 0 Å². The van der Waals surface area contributed by atoms with Crippen LogP contribution < -0.4 is 20.6 Å². The molecule has 0 unspecified atom stereocenters. The number of anilines is 1. The van der Waals surface area contributed by atoms with Gasteiger partial charge in [-0.2, -0.15) is 4.98 Å². The van der Waals surface area contributed by atoms with Gasteiger partial charge in [0.25, 0.3) is 20.2 Å². The molecule has 0 atom stereocenters. The summed E-state index contributed by atoms with van der Waals surface area (Å²) in [5.41, 5.74) is 0.286. The van der Waals surface area contributed by atoms with Crippen molar-refractivity contribution in [1.82, 2.24) is 10.3 Å². The lowest BCUT2D eigenvalue weighted by Crippen LogP contribution is -2.70. The molecular formula is C24H29N3O3Si. The first-order valence-corrected chi connectivity index (χ1v) is 12.5. The second-order valence-corrected chi connectivity index (χ2v) is 13.2. The number of aromatic nitrogens is 1. The third-order valence-electron chi connectivity index (χ3n) is 5.83. The molecule has 0 spiro atoms. The fraction of sp³-hybridized carbons (Fsp3) is 0.333. The minimum atomic E-state index is -2.57. The van der Waals surface area contributed by atoms with Crippen LogP contribution in [0.1, 0.15) is 31.3 Å². The predicted molar refractivity (Wildman–Crippen MR) is 125 cm³/mol. The number of rotatable bonds is 6. The molecule has 1 aliphatic heterocycles. The highest BCUT2D eigenvalue weighted by Gasteiger charge is 2.52. The second kappa shape index (κ2) is 8.32. The molecule has 1 amide bonds. The summed E-state index contributed by atoms with van der Waals surface area (Å²) in [6.45, 7) is 8.19. The average Bonchev–Trinajstić information content (AvgIpc) is 3.22. The van der Waals surface area contributed by atoms with E-state index < -0.39 is 8.32 Å². The van der Waals surface area contributed by atoms with Crippen molar-refractivity contribution in [2.24, 2.45) is 0 Å². The molecule has 2 aromatic carbocycles. The van der Waals surface area contributed by atoms with E-state index in [0.29, 0.717) is 19.1 Å². The van der Waals surface area contributed by atoms with Crippen LogP contribution in [0.3, 0.4) is 0 Å².